The SMILES string of the molecule is CCCc1nc(C(CC)CC)sc1-c1n[nH]c(=S)o1. The van der Waals surface area contributed by atoms with Crippen LogP contribution in [0.25, 0.3) is 10.8 Å². The Labute approximate surface area is 122 Å². The molecule has 0 saturated heterocycles. The largest absolute Gasteiger partial charge is 0.408 e. The van der Waals surface area contributed by atoms with Crippen LogP contribution in [0.2, 0.25) is 0 Å². The van der Waals surface area contributed by atoms with Crippen LogP contribution in [0, 0.1) is 4.84 Å². The molecule has 0 atom stereocenters. The first kappa shape index (κ1) is 14.4. The Morgan fingerprint density at radius 2 is 2.05 bits per heavy atom. The van der Waals surface area contributed by atoms with Gasteiger partial charge in [-0.2, -0.15) is 0 Å². The van der Waals surface area contributed by atoms with Crippen LogP contribution in [-0.4, -0.2) is 15.2 Å². The lowest BCUT2D eigenvalue weighted by Gasteiger charge is -2.06. The number of thiazole rings is 1. The van der Waals surface area contributed by atoms with Gasteiger partial charge in [0.25, 0.3) is 10.7 Å². The Hall–Kier alpha value is -1.01. The molecule has 6 heteroatoms. The molecule has 0 aliphatic carbocycles. The summed E-state index contributed by atoms with van der Waals surface area (Å²) in [4.78, 5) is 6.14. The molecule has 0 aliphatic heterocycles. The summed E-state index contributed by atoms with van der Waals surface area (Å²) < 4.78 is 5.44. The van der Waals surface area contributed by atoms with Crippen molar-refractivity contribution in [2.24, 2.45) is 0 Å². The lowest BCUT2D eigenvalue weighted by atomic mass is 10.1. The highest BCUT2D eigenvalue weighted by atomic mass is 32.1. The number of nitrogens with one attached hydrogen (secondary N) is 1. The van der Waals surface area contributed by atoms with E-state index < -0.39 is 0 Å². The maximum absolute atomic E-state index is 5.44. The van der Waals surface area contributed by atoms with Gasteiger partial charge in [0.05, 0.1) is 10.7 Å². The van der Waals surface area contributed by atoms with E-state index in [-0.39, 0.29) is 0 Å². The van der Waals surface area contributed by atoms with Crippen molar-refractivity contribution in [1.29, 1.82) is 0 Å². The second kappa shape index (κ2) is 6.43. The zero-order chi connectivity index (χ0) is 13.8. The predicted octanol–water partition coefficient (Wildman–Crippen LogP) is 4.71. The molecule has 0 radical (unpaired) electrons. The fourth-order valence-corrected chi connectivity index (χ4v) is 3.51. The van der Waals surface area contributed by atoms with E-state index in [4.69, 9.17) is 21.6 Å². The van der Waals surface area contributed by atoms with E-state index in [1.165, 1.54) is 5.01 Å². The van der Waals surface area contributed by atoms with E-state index in [2.05, 4.69) is 31.0 Å². The van der Waals surface area contributed by atoms with E-state index in [1.54, 1.807) is 11.3 Å². The number of aryl methyl sites for hydroxylation is 1. The molecule has 104 valence electrons. The van der Waals surface area contributed by atoms with Crippen LogP contribution in [0.5, 0.6) is 0 Å². The summed E-state index contributed by atoms with van der Waals surface area (Å²) in [5.74, 6) is 1.10. The fourth-order valence-electron chi connectivity index (χ4n) is 2.08. The maximum Gasteiger partial charge on any atom is 0.284 e. The van der Waals surface area contributed by atoms with Crippen molar-refractivity contribution < 1.29 is 4.42 Å². The van der Waals surface area contributed by atoms with Crippen LogP contribution in [0.4, 0.5) is 0 Å². The number of nitrogens with zero attached hydrogens (tertiary/aromatic N) is 2. The van der Waals surface area contributed by atoms with E-state index >= 15 is 0 Å². The predicted molar refractivity (Wildman–Crippen MR) is 80.1 cm³/mol. The Morgan fingerprint density at radius 1 is 1.32 bits per heavy atom. The number of aromatic nitrogens is 3. The van der Waals surface area contributed by atoms with Crippen LogP contribution < -0.4 is 0 Å². The van der Waals surface area contributed by atoms with Gasteiger partial charge >= 0.3 is 0 Å². The first-order valence-electron chi connectivity index (χ1n) is 6.75. The van der Waals surface area contributed by atoms with E-state index in [0.29, 0.717) is 16.6 Å². The molecule has 2 rings (SSSR count). The van der Waals surface area contributed by atoms with Crippen molar-refractivity contribution in [3.05, 3.63) is 15.5 Å². The van der Waals surface area contributed by atoms with Gasteiger partial charge < -0.3 is 4.42 Å². The van der Waals surface area contributed by atoms with Gasteiger partial charge in [0.2, 0.25) is 0 Å². The van der Waals surface area contributed by atoms with Gasteiger partial charge in [-0.15, -0.1) is 16.4 Å². The molecule has 2 heterocycles. The summed E-state index contributed by atoms with van der Waals surface area (Å²) in [6, 6.07) is 0. The van der Waals surface area contributed by atoms with Gasteiger partial charge in [0, 0.05) is 5.92 Å². The zero-order valence-electron chi connectivity index (χ0n) is 11.5. The molecule has 1 N–H and O–H groups in total. The average Bonchev–Trinajstić information content (AvgIpc) is 2.98. The second-order valence-corrected chi connectivity index (χ2v) is 5.91. The standard InChI is InChI=1S/C13H19N3OS2/c1-4-7-9-10(11-15-16-13(18)17-11)19-12(14-9)8(5-2)6-3/h8H,4-7H2,1-3H3,(H,16,18). The summed E-state index contributed by atoms with van der Waals surface area (Å²) in [6.07, 6.45) is 4.23. The van der Waals surface area contributed by atoms with E-state index in [9.17, 15) is 0 Å². The summed E-state index contributed by atoms with van der Waals surface area (Å²) in [5.41, 5.74) is 1.08. The molecule has 0 fully saturated rings. The Bertz CT molecular complexity index is 581. The number of hydrogen-bond acceptors (Lipinski definition) is 5. The van der Waals surface area contributed by atoms with Gasteiger partial charge in [0.15, 0.2) is 0 Å². The van der Waals surface area contributed by atoms with Crippen LogP contribution in [0.3, 0.4) is 0 Å². The topological polar surface area (TPSA) is 54.7 Å². The normalized spacial score (nSPS) is 11.4. The quantitative estimate of drug-likeness (QED) is 0.784. The first-order valence-corrected chi connectivity index (χ1v) is 7.97. The van der Waals surface area contributed by atoms with Gasteiger partial charge in [-0.1, -0.05) is 27.2 Å². The smallest absolute Gasteiger partial charge is 0.284 e. The third-order valence-electron chi connectivity index (χ3n) is 3.17. The maximum atomic E-state index is 5.44. The number of H-pyrrole nitrogens is 1. The Balaban J connectivity index is 2.43. The second-order valence-electron chi connectivity index (χ2n) is 4.51. The third-order valence-corrected chi connectivity index (χ3v) is 4.59. The van der Waals surface area contributed by atoms with Crippen molar-refractivity contribution in [3.63, 3.8) is 0 Å². The van der Waals surface area contributed by atoms with Crippen LogP contribution >= 0.6 is 23.6 Å². The van der Waals surface area contributed by atoms with Gasteiger partial charge in [-0.05, 0) is 31.5 Å². The molecule has 0 saturated carbocycles. The van der Waals surface area contributed by atoms with E-state index in [0.717, 1.165) is 36.3 Å². The molecular formula is C13H19N3OS2. The molecule has 0 unspecified atom stereocenters. The highest BCUT2D eigenvalue weighted by molar-refractivity contribution is 7.71. The Kier molecular flexibility index (Phi) is 4.87. The van der Waals surface area contributed by atoms with Crippen molar-refractivity contribution in [1.82, 2.24) is 15.2 Å². The highest BCUT2D eigenvalue weighted by Gasteiger charge is 2.20. The molecule has 0 spiro atoms. The van der Waals surface area contributed by atoms with Crippen LogP contribution in [0.1, 0.15) is 56.7 Å². The van der Waals surface area contributed by atoms with Gasteiger partial charge in [-0.3, -0.25) is 0 Å². The summed E-state index contributed by atoms with van der Waals surface area (Å²) >= 11 is 6.63. The molecule has 0 aliphatic rings. The molecule has 2 aromatic rings. The molecule has 19 heavy (non-hydrogen) atoms. The summed E-state index contributed by atoms with van der Waals surface area (Å²) in [7, 11) is 0. The molecule has 2 aromatic heterocycles. The first-order chi connectivity index (χ1) is 9.19. The number of hydrogen-bond donors (Lipinski definition) is 1. The molecule has 0 bridgehead atoms. The summed E-state index contributed by atoms with van der Waals surface area (Å²) in [5, 5.41) is 8.00. The van der Waals surface area contributed by atoms with Crippen LogP contribution in [0.15, 0.2) is 4.42 Å². The van der Waals surface area contributed by atoms with Gasteiger partial charge in [0.1, 0.15) is 4.88 Å². The Morgan fingerprint density at radius 3 is 2.58 bits per heavy atom. The fraction of sp³-hybridized carbons (Fsp3) is 0.615. The van der Waals surface area contributed by atoms with Gasteiger partial charge in [-0.25, -0.2) is 10.1 Å². The lowest BCUT2D eigenvalue weighted by molar-refractivity contribution is 0.552. The molecule has 0 aromatic carbocycles. The molecular weight excluding hydrogens is 278 g/mol. The monoisotopic (exact) mass is 297 g/mol. The number of aromatic amines is 1. The lowest BCUT2D eigenvalue weighted by Crippen LogP contribution is -1.95. The highest BCUT2D eigenvalue weighted by Crippen LogP contribution is 2.35. The minimum absolute atomic E-state index is 0.315. The van der Waals surface area contributed by atoms with Crippen molar-refractivity contribution >= 4 is 23.6 Å². The van der Waals surface area contributed by atoms with Crippen molar-refractivity contribution in [2.75, 3.05) is 0 Å². The van der Waals surface area contributed by atoms with Crippen LogP contribution in [-0.2, 0) is 6.42 Å². The third kappa shape index (κ3) is 3.12. The minimum atomic E-state index is 0.315. The average molecular weight is 297 g/mol. The minimum Gasteiger partial charge on any atom is -0.408 e. The molecule has 4 nitrogen and oxygen atoms in total. The zero-order valence-corrected chi connectivity index (χ0v) is 13.2. The van der Waals surface area contributed by atoms with Crippen molar-refractivity contribution in [3.8, 4) is 10.8 Å². The van der Waals surface area contributed by atoms with Crippen molar-refractivity contribution in [2.45, 2.75) is 52.4 Å². The van der Waals surface area contributed by atoms with E-state index in [1.807, 2.05) is 0 Å². The molecule has 0 amide bonds. The number of rotatable bonds is 6. The summed E-state index contributed by atoms with van der Waals surface area (Å²) in [6.45, 7) is 6.56.